The molecule has 0 radical (unpaired) electrons. The fraction of sp³-hybridized carbons (Fsp3) is 0.0345. The average Bonchev–Trinajstić information content (AvgIpc) is 3.87. The summed E-state index contributed by atoms with van der Waals surface area (Å²) in [5.74, 6) is 0. The summed E-state index contributed by atoms with van der Waals surface area (Å²) in [6, 6.07) is 81.1. The number of allylic oxidation sites excluding steroid dienone is 1. The molecular weight excluding hydrogens is 753 g/mol. The Bertz CT molecular complexity index is 3350. The highest BCUT2D eigenvalue weighted by molar-refractivity contribution is 6.33. The third-order valence-corrected chi connectivity index (χ3v) is 12.5. The van der Waals surface area contributed by atoms with E-state index in [0.717, 1.165) is 58.2 Å². The lowest BCUT2D eigenvalue weighted by Crippen LogP contribution is -2.19. The minimum Gasteiger partial charge on any atom is -0.314 e. The van der Waals surface area contributed by atoms with Crippen LogP contribution in [0.15, 0.2) is 230 Å². The molecule has 0 aliphatic heterocycles. The molecule has 4 heteroatoms. The topological polar surface area (TPSA) is 16.3 Å². The van der Waals surface area contributed by atoms with Gasteiger partial charge in [0.2, 0.25) is 0 Å². The number of hydrogen-bond donors (Lipinski definition) is 0. The Kier molecular flexibility index (Phi) is 8.60. The van der Waals surface area contributed by atoms with Crippen molar-refractivity contribution in [1.82, 2.24) is 9.13 Å². The van der Waals surface area contributed by atoms with Crippen LogP contribution in [0.3, 0.4) is 0 Å². The minimum atomic E-state index is 0.900. The van der Waals surface area contributed by atoms with Crippen LogP contribution in [0.25, 0.3) is 60.9 Å². The molecule has 11 aromatic rings. The number of rotatable bonds is 8. The van der Waals surface area contributed by atoms with E-state index in [9.17, 15) is 0 Å². The first kappa shape index (κ1) is 35.8. The van der Waals surface area contributed by atoms with Crippen molar-refractivity contribution in [2.24, 2.45) is 0 Å². The van der Waals surface area contributed by atoms with Crippen LogP contribution in [0, 0.1) is 0 Å². The molecule has 294 valence electrons. The van der Waals surface area contributed by atoms with E-state index in [2.05, 4.69) is 249 Å². The van der Waals surface area contributed by atoms with Crippen LogP contribution in [-0.4, -0.2) is 9.13 Å². The predicted octanol–water partition coefficient (Wildman–Crippen LogP) is 15.5. The molecular formula is C58H42N4. The first-order valence-electron chi connectivity index (χ1n) is 21.5. The summed E-state index contributed by atoms with van der Waals surface area (Å²) < 4.78 is 5.10. The second-order valence-electron chi connectivity index (χ2n) is 16.0. The van der Waals surface area contributed by atoms with Gasteiger partial charge >= 0.3 is 0 Å². The Morgan fingerprint density at radius 3 is 1.31 bits per heavy atom. The highest BCUT2D eigenvalue weighted by Crippen LogP contribution is 2.49. The van der Waals surface area contributed by atoms with E-state index in [-0.39, 0.29) is 0 Å². The smallest absolute Gasteiger partial charge is 0.0795 e. The van der Waals surface area contributed by atoms with E-state index in [1.807, 2.05) is 0 Å². The number of fused-ring (bicyclic) bond motifs is 10. The summed E-state index contributed by atoms with van der Waals surface area (Å²) in [4.78, 5) is 4.81. The van der Waals surface area contributed by atoms with Crippen molar-refractivity contribution >= 4 is 78.0 Å². The van der Waals surface area contributed by atoms with Gasteiger partial charge in [-0.3, -0.25) is 0 Å². The maximum Gasteiger partial charge on any atom is 0.0795 e. The molecule has 9 aromatic carbocycles. The lowest BCUT2D eigenvalue weighted by atomic mass is 9.93. The second kappa shape index (κ2) is 14.9. The Hall–Kier alpha value is -8.08. The second-order valence-corrected chi connectivity index (χ2v) is 16.0. The number of aryl methyl sites for hydroxylation is 1. The fourth-order valence-electron chi connectivity index (χ4n) is 9.97. The summed E-state index contributed by atoms with van der Waals surface area (Å²) in [6.45, 7) is 0. The zero-order valence-corrected chi connectivity index (χ0v) is 34.1. The van der Waals surface area contributed by atoms with Crippen LogP contribution in [0.2, 0.25) is 0 Å². The van der Waals surface area contributed by atoms with Crippen LogP contribution in [0.5, 0.6) is 0 Å². The molecule has 0 spiro atoms. The van der Waals surface area contributed by atoms with Gasteiger partial charge in [-0.05, 0) is 120 Å². The van der Waals surface area contributed by atoms with Gasteiger partial charge in [-0.2, -0.15) is 0 Å². The Morgan fingerprint density at radius 2 is 0.774 bits per heavy atom. The van der Waals surface area contributed by atoms with Crippen molar-refractivity contribution in [1.29, 1.82) is 0 Å². The lowest BCUT2D eigenvalue weighted by molar-refractivity contribution is 0.887. The molecule has 12 rings (SSSR count). The van der Waals surface area contributed by atoms with Crippen LogP contribution >= 0.6 is 0 Å². The molecule has 0 unspecified atom stereocenters. The monoisotopic (exact) mass is 794 g/mol. The first-order valence-corrected chi connectivity index (χ1v) is 21.5. The van der Waals surface area contributed by atoms with Gasteiger partial charge in [-0.25, -0.2) is 0 Å². The number of hydrogen-bond acceptors (Lipinski definition) is 2. The van der Waals surface area contributed by atoms with Gasteiger partial charge in [-0.15, -0.1) is 0 Å². The zero-order chi connectivity index (χ0) is 41.0. The van der Waals surface area contributed by atoms with Gasteiger partial charge < -0.3 is 18.9 Å². The van der Waals surface area contributed by atoms with Gasteiger partial charge in [0.1, 0.15) is 0 Å². The molecule has 0 bridgehead atoms. The number of aromatic nitrogens is 2. The van der Waals surface area contributed by atoms with Gasteiger partial charge in [-0.1, -0.05) is 140 Å². The quantitative estimate of drug-likeness (QED) is 0.152. The van der Waals surface area contributed by atoms with Gasteiger partial charge in [0.15, 0.2) is 0 Å². The van der Waals surface area contributed by atoms with Gasteiger partial charge in [0, 0.05) is 61.7 Å². The normalized spacial score (nSPS) is 12.5. The third-order valence-electron chi connectivity index (χ3n) is 12.5. The maximum atomic E-state index is 2.56. The largest absolute Gasteiger partial charge is 0.314 e. The van der Waals surface area contributed by atoms with E-state index < -0.39 is 0 Å². The van der Waals surface area contributed by atoms with Crippen LogP contribution in [0.1, 0.15) is 17.7 Å². The van der Waals surface area contributed by atoms with Gasteiger partial charge in [0.25, 0.3) is 0 Å². The van der Waals surface area contributed by atoms with Crippen LogP contribution in [-0.2, 0) is 6.42 Å². The molecule has 0 amide bonds. The molecule has 2 heterocycles. The molecule has 0 saturated carbocycles. The van der Waals surface area contributed by atoms with Crippen molar-refractivity contribution in [3.63, 3.8) is 0 Å². The number of benzene rings is 9. The SMILES string of the molecule is C1=C(N(c2ccccc2)c2ccccc2)CCc2c1n(-c1ccccc1)c1c2c2ccccc2c2c3ccc(N(c4ccccc4)c4ccccc4)cc3n(-c3ccccc3)c21. The summed E-state index contributed by atoms with van der Waals surface area (Å²) >= 11 is 0. The summed E-state index contributed by atoms with van der Waals surface area (Å²) in [5.41, 5.74) is 15.4. The van der Waals surface area contributed by atoms with Crippen molar-refractivity contribution in [3.05, 3.63) is 241 Å². The fourth-order valence-corrected chi connectivity index (χ4v) is 9.97. The standard InChI is InChI=1S/C58H42N4/c1-7-21-41(22-8-1)59(42-23-9-2-10-24-42)47-35-37-51-53(39-47)61(45-29-15-5-16-30-45)57-55(51)49-33-19-20-34-50(49)56-52-38-36-48(40-54(52)62(58(56)57)46-31-17-6-18-32-46)60(43-25-11-3-12-26-43)44-27-13-4-14-28-44/h1-35,37,39-40H,36,38H2. The van der Waals surface area contributed by atoms with Crippen molar-refractivity contribution in [3.8, 4) is 11.4 Å². The molecule has 0 fully saturated rings. The van der Waals surface area contributed by atoms with E-state index in [1.165, 1.54) is 54.9 Å². The van der Waals surface area contributed by atoms with Gasteiger partial charge in [0.05, 0.1) is 22.2 Å². The lowest BCUT2D eigenvalue weighted by Gasteiger charge is -2.30. The molecule has 4 nitrogen and oxygen atoms in total. The van der Waals surface area contributed by atoms with Crippen molar-refractivity contribution < 1.29 is 0 Å². The molecule has 0 N–H and O–H groups in total. The predicted molar refractivity (Wildman–Crippen MR) is 261 cm³/mol. The van der Waals surface area contributed by atoms with Crippen LogP contribution in [0.4, 0.5) is 28.4 Å². The minimum absolute atomic E-state index is 0.900. The highest BCUT2D eigenvalue weighted by atomic mass is 15.2. The van der Waals surface area contributed by atoms with Crippen molar-refractivity contribution in [2.75, 3.05) is 9.80 Å². The van der Waals surface area contributed by atoms with Crippen LogP contribution < -0.4 is 9.80 Å². The Balaban J connectivity index is 1.23. The first-order chi connectivity index (χ1) is 30.8. The molecule has 62 heavy (non-hydrogen) atoms. The maximum absolute atomic E-state index is 2.56. The van der Waals surface area contributed by atoms with Crippen molar-refractivity contribution in [2.45, 2.75) is 12.8 Å². The number of nitrogens with zero attached hydrogens (tertiary/aromatic N) is 4. The molecule has 0 atom stereocenters. The summed E-state index contributed by atoms with van der Waals surface area (Å²) in [7, 11) is 0. The van der Waals surface area contributed by atoms with E-state index >= 15 is 0 Å². The summed E-state index contributed by atoms with van der Waals surface area (Å²) in [5, 5.41) is 6.36. The van der Waals surface area contributed by atoms with E-state index in [1.54, 1.807) is 0 Å². The van der Waals surface area contributed by atoms with E-state index in [0.29, 0.717) is 0 Å². The molecule has 1 aliphatic rings. The Labute approximate surface area is 361 Å². The zero-order valence-electron chi connectivity index (χ0n) is 34.1. The number of anilines is 5. The summed E-state index contributed by atoms with van der Waals surface area (Å²) in [6.07, 6.45) is 4.27. The highest BCUT2D eigenvalue weighted by Gasteiger charge is 2.30. The van der Waals surface area contributed by atoms with E-state index in [4.69, 9.17) is 0 Å². The Morgan fingerprint density at radius 1 is 0.339 bits per heavy atom. The molecule has 1 aliphatic carbocycles. The third kappa shape index (κ3) is 5.76. The molecule has 2 aromatic heterocycles. The molecule has 0 saturated heterocycles. The number of para-hydroxylation sites is 6. The average molecular weight is 795 g/mol.